The van der Waals surface area contributed by atoms with Gasteiger partial charge in [-0.05, 0) is 40.0 Å². The summed E-state index contributed by atoms with van der Waals surface area (Å²) in [6.45, 7) is 4.78. The number of benzene rings is 2. The molecule has 51 heavy (non-hydrogen) atoms. The van der Waals surface area contributed by atoms with Gasteiger partial charge in [-0.15, -0.1) is 0 Å². The van der Waals surface area contributed by atoms with Crippen LogP contribution in [0.3, 0.4) is 0 Å². The number of carboxylic acids is 1. The first-order chi connectivity index (χ1) is 24.2. The lowest BCUT2D eigenvalue weighted by molar-refractivity contribution is -0.145. The summed E-state index contributed by atoms with van der Waals surface area (Å²) in [5.41, 5.74) is 0.167. The fraction of sp³-hybridized carbons (Fsp3) is 0.459. The molecule has 0 bridgehead atoms. The fourth-order valence-corrected chi connectivity index (χ4v) is 6.75. The molecule has 5 atom stereocenters. The predicted octanol–water partition coefficient (Wildman–Crippen LogP) is 5.37. The number of carbonyl (C=O) groups is 4. The zero-order valence-corrected chi connectivity index (χ0v) is 28.7. The number of alkyl carbamates (subject to hydrolysis) is 1. The van der Waals surface area contributed by atoms with E-state index in [2.05, 4.69) is 10.6 Å². The van der Waals surface area contributed by atoms with Crippen LogP contribution < -0.4 is 10.6 Å². The van der Waals surface area contributed by atoms with Crippen molar-refractivity contribution in [3.05, 3.63) is 72.8 Å². The number of rotatable bonds is 5. The van der Waals surface area contributed by atoms with E-state index in [1.54, 1.807) is 26.8 Å². The Labute approximate surface area is 294 Å². The van der Waals surface area contributed by atoms with Crippen molar-refractivity contribution in [2.24, 2.45) is 5.92 Å². The number of carbonyl (C=O) groups excluding carboxylic acids is 3. The van der Waals surface area contributed by atoms with Crippen LogP contribution in [0.1, 0.15) is 65.3 Å². The maximum Gasteiger partial charge on any atom is 0.408 e. The van der Waals surface area contributed by atoms with E-state index in [0.29, 0.717) is 11.4 Å². The highest BCUT2D eigenvalue weighted by atomic mass is 19.3. The second kappa shape index (κ2) is 13.9. The van der Waals surface area contributed by atoms with Crippen molar-refractivity contribution in [2.75, 3.05) is 6.54 Å². The molecule has 2 aliphatic heterocycles. The number of ether oxygens (including phenoxy) is 1. The van der Waals surface area contributed by atoms with Gasteiger partial charge in [-0.3, -0.25) is 9.59 Å². The minimum absolute atomic E-state index is 0.000233. The first-order valence-electron chi connectivity index (χ1n) is 17.1. The number of alkyl halides is 2. The van der Waals surface area contributed by atoms with Crippen LogP contribution in [0.5, 0.6) is 0 Å². The first kappa shape index (κ1) is 35.7. The predicted molar refractivity (Wildman–Crippen MR) is 182 cm³/mol. The molecule has 3 N–H and O–H groups in total. The number of amides is 3. The molecule has 270 valence electrons. The third-order valence-corrected chi connectivity index (χ3v) is 9.49. The lowest BCUT2D eigenvalue weighted by Gasteiger charge is -2.30. The second-order valence-corrected chi connectivity index (χ2v) is 14.5. The third kappa shape index (κ3) is 7.94. The molecule has 3 aromatic rings. The Kier molecular flexibility index (Phi) is 9.71. The quantitative estimate of drug-likeness (QED) is 0.300. The van der Waals surface area contributed by atoms with Gasteiger partial charge in [0.15, 0.2) is 0 Å². The maximum absolute atomic E-state index is 15.1. The summed E-state index contributed by atoms with van der Waals surface area (Å²) in [5.74, 6) is -6.53. The zero-order chi connectivity index (χ0) is 36.6. The van der Waals surface area contributed by atoms with Crippen LogP contribution in [0.25, 0.3) is 22.5 Å². The van der Waals surface area contributed by atoms with E-state index in [-0.39, 0.29) is 25.8 Å². The molecule has 3 heterocycles. The van der Waals surface area contributed by atoms with Crippen LogP contribution in [-0.2, 0) is 19.1 Å². The van der Waals surface area contributed by atoms with E-state index in [4.69, 9.17) is 14.9 Å². The molecule has 1 aliphatic carbocycles. The van der Waals surface area contributed by atoms with E-state index in [9.17, 15) is 24.3 Å². The van der Waals surface area contributed by atoms with Crippen molar-refractivity contribution < 1.29 is 37.8 Å². The number of hydrogen-bond acceptors (Lipinski definition) is 7. The Morgan fingerprint density at radius 1 is 0.980 bits per heavy atom. The van der Waals surface area contributed by atoms with Gasteiger partial charge in [-0.25, -0.2) is 18.4 Å². The number of fused-ring (bicyclic) bond motifs is 2. The molecular formula is C37H42F2N6O6. The molecule has 2 fully saturated rings. The van der Waals surface area contributed by atoms with Gasteiger partial charge in [-0.2, -0.15) is 15.0 Å². The maximum atomic E-state index is 15.1. The Hall–Kier alpha value is -5.14. The van der Waals surface area contributed by atoms with E-state index in [1.165, 1.54) is 15.8 Å². The number of aliphatic carboxylic acids is 1. The van der Waals surface area contributed by atoms with Crippen LogP contribution >= 0.6 is 0 Å². The highest BCUT2D eigenvalue weighted by molar-refractivity contribution is 5.96. The third-order valence-electron chi connectivity index (χ3n) is 9.49. The van der Waals surface area contributed by atoms with Gasteiger partial charge in [0.05, 0.1) is 6.04 Å². The normalized spacial score (nSPS) is 27.2. The summed E-state index contributed by atoms with van der Waals surface area (Å²) >= 11 is 0. The van der Waals surface area contributed by atoms with Crippen molar-refractivity contribution in [2.45, 2.75) is 94.5 Å². The molecule has 6 rings (SSSR count). The van der Waals surface area contributed by atoms with Crippen molar-refractivity contribution in [1.29, 1.82) is 0 Å². The number of nitrogens with one attached hydrogen (secondary N) is 2. The van der Waals surface area contributed by atoms with E-state index in [0.717, 1.165) is 11.1 Å². The van der Waals surface area contributed by atoms with Crippen molar-refractivity contribution in [3.63, 3.8) is 0 Å². The fourth-order valence-electron chi connectivity index (χ4n) is 6.75. The van der Waals surface area contributed by atoms with E-state index < -0.39 is 84.2 Å². The average Bonchev–Trinajstić information content (AvgIpc) is 3.39. The first-order valence-corrected chi connectivity index (χ1v) is 17.1. The van der Waals surface area contributed by atoms with Gasteiger partial charge in [0.1, 0.15) is 34.6 Å². The topological polar surface area (TPSA) is 156 Å². The van der Waals surface area contributed by atoms with Gasteiger partial charge in [-0.1, -0.05) is 72.8 Å². The van der Waals surface area contributed by atoms with Gasteiger partial charge in [0.2, 0.25) is 17.7 Å². The number of hydrogen-bond donors (Lipinski definition) is 3. The van der Waals surface area contributed by atoms with Crippen molar-refractivity contribution >= 4 is 23.9 Å². The molecule has 12 nitrogen and oxygen atoms in total. The highest BCUT2D eigenvalue weighted by Crippen LogP contribution is 2.46. The van der Waals surface area contributed by atoms with Crippen molar-refractivity contribution in [1.82, 2.24) is 30.5 Å². The Bertz CT molecular complexity index is 1750. The molecule has 0 spiro atoms. The van der Waals surface area contributed by atoms with Crippen LogP contribution in [0.15, 0.2) is 72.8 Å². The average molecular weight is 705 g/mol. The molecule has 3 amide bonds. The smallest absolute Gasteiger partial charge is 0.408 e. The lowest BCUT2D eigenvalue weighted by Crippen LogP contribution is -2.56. The van der Waals surface area contributed by atoms with E-state index in [1.807, 2.05) is 60.7 Å². The van der Waals surface area contributed by atoms with Gasteiger partial charge >= 0.3 is 12.1 Å². The minimum Gasteiger partial charge on any atom is -0.479 e. The van der Waals surface area contributed by atoms with E-state index >= 15 is 8.78 Å². The second-order valence-electron chi connectivity index (χ2n) is 14.5. The summed E-state index contributed by atoms with van der Waals surface area (Å²) in [5, 5.41) is 25.0. The molecule has 3 aliphatic rings. The molecule has 2 aromatic carbocycles. The van der Waals surface area contributed by atoms with Crippen LogP contribution in [0, 0.1) is 5.92 Å². The molecule has 14 heteroatoms. The number of halogens is 2. The summed E-state index contributed by atoms with van der Waals surface area (Å²) in [6, 6.07) is 15.5. The Morgan fingerprint density at radius 3 is 2.16 bits per heavy atom. The summed E-state index contributed by atoms with van der Waals surface area (Å²) in [6.07, 6.45) is 0.454. The Balaban J connectivity index is 1.38. The monoisotopic (exact) mass is 704 g/mol. The number of nitrogens with zero attached hydrogens (tertiary/aromatic N) is 4. The van der Waals surface area contributed by atoms with Crippen LogP contribution in [-0.4, -0.2) is 84.6 Å². The number of allylic oxidation sites excluding steroid dienone is 1. The highest BCUT2D eigenvalue weighted by Gasteiger charge is 2.61. The summed E-state index contributed by atoms with van der Waals surface area (Å²) in [4.78, 5) is 56.5. The largest absolute Gasteiger partial charge is 0.479 e. The molecule has 1 aromatic heterocycles. The van der Waals surface area contributed by atoms with Gasteiger partial charge < -0.3 is 25.4 Å². The molecule has 1 saturated carbocycles. The minimum atomic E-state index is -3.19. The standard InChI is InChI=1S/C37H42F2N6O6/c1-35(2,3)51-34(50)40-27-17-19-36(38,39)18-11-10-16-25-21-37(25,33(48)49)41-31(46)28-20-26(22-44(28)32(27)47)45-42-29(23-12-6-4-7-13-23)30(43-45)24-14-8-5-9-15-24/h4-10,12-16,25-28H,11,17-22H2,1-3H3,(H,40,50)(H,41,46)(H,48,49)/b16-10-/t25?,26-,27+,28+,37?/m1/s1. The molecule has 2 unspecified atom stereocenters. The summed E-state index contributed by atoms with van der Waals surface area (Å²) < 4.78 is 35.6. The SMILES string of the molecule is CC(C)(C)OC(=O)N[C@H]1CCC(F)(F)CC/C=C\C2CC2(C(=O)O)NC(=O)[C@@H]2C[C@@H](n3nc(-c4ccccc4)c(-c4ccccc4)n3)CN2C1=O. The number of carboxylic acid groups (broad SMARTS) is 1. The molecule has 1 saturated heterocycles. The number of aromatic nitrogens is 3. The van der Waals surface area contributed by atoms with Gasteiger partial charge in [0.25, 0.3) is 0 Å². The lowest BCUT2D eigenvalue weighted by atomic mass is 10.0. The zero-order valence-electron chi connectivity index (χ0n) is 28.7. The van der Waals surface area contributed by atoms with Crippen LogP contribution in [0.2, 0.25) is 0 Å². The van der Waals surface area contributed by atoms with Gasteiger partial charge in [0, 0.05) is 42.9 Å². The summed E-state index contributed by atoms with van der Waals surface area (Å²) in [7, 11) is 0. The Morgan fingerprint density at radius 2 is 1.59 bits per heavy atom. The molecular weight excluding hydrogens is 662 g/mol. The van der Waals surface area contributed by atoms with Crippen molar-refractivity contribution in [3.8, 4) is 22.5 Å². The molecule has 0 radical (unpaired) electrons. The van der Waals surface area contributed by atoms with Crippen LogP contribution in [0.4, 0.5) is 13.6 Å².